The Morgan fingerprint density at radius 2 is 1.48 bits per heavy atom. The van der Waals surface area contributed by atoms with Crippen molar-refractivity contribution >= 4 is 11.4 Å². The number of carbonyl (C=O) groups is 1. The summed E-state index contributed by atoms with van der Waals surface area (Å²) in [5.41, 5.74) is 1.37. The smallest absolute Gasteiger partial charge is 0.173 e. The van der Waals surface area contributed by atoms with E-state index >= 15 is 0 Å². The van der Waals surface area contributed by atoms with E-state index in [0.29, 0.717) is 13.2 Å². The molecule has 42 heavy (non-hydrogen) atoms. The third-order valence-corrected chi connectivity index (χ3v) is 8.38. The fourth-order valence-electron chi connectivity index (χ4n) is 6.19. The van der Waals surface area contributed by atoms with Crippen LogP contribution in [0.2, 0.25) is 0 Å². The van der Waals surface area contributed by atoms with Gasteiger partial charge in [0.2, 0.25) is 0 Å². The number of ketones is 1. The van der Waals surface area contributed by atoms with E-state index in [0.717, 1.165) is 75.5 Å². The number of allylic oxidation sites excluding steroid dienone is 4. The van der Waals surface area contributed by atoms with Gasteiger partial charge >= 0.3 is 0 Å². The van der Waals surface area contributed by atoms with Gasteiger partial charge in [0, 0.05) is 25.4 Å². The van der Waals surface area contributed by atoms with E-state index in [4.69, 9.17) is 14.2 Å². The molecule has 4 heteroatoms. The van der Waals surface area contributed by atoms with Crippen molar-refractivity contribution in [2.75, 3.05) is 19.8 Å². The zero-order chi connectivity index (χ0) is 30.3. The minimum atomic E-state index is -0.439. The number of ether oxygens (including phenoxy) is 3. The van der Waals surface area contributed by atoms with Crippen molar-refractivity contribution in [3.63, 3.8) is 0 Å². The molecule has 2 atom stereocenters. The van der Waals surface area contributed by atoms with Gasteiger partial charge in [-0.15, -0.1) is 6.58 Å². The molecule has 0 spiro atoms. The number of Topliss-reactive ketones (excluding diaryl/α,β-unsaturated/α-hetero) is 1. The molecule has 4 nitrogen and oxygen atoms in total. The number of carbonyl (C=O) groups excluding carboxylic acids is 1. The maximum atomic E-state index is 13.9. The van der Waals surface area contributed by atoms with Crippen LogP contribution >= 0.6 is 0 Å². The standard InChI is InChI=1S/C38H60O4/c1-5-9-10-16-22-31-38(30-6-2,35-28-24-27-34(37(35)39)33-25-19-18-20-26-33)42-32-23-17-14-12-11-13-15-21-29-36(40-7-3)41-8-4/h5,18-20,24-28,35-36H,1,6-17,21-23,29-32H2,2-4H3. The first-order valence-electron chi connectivity index (χ1n) is 17.1. The van der Waals surface area contributed by atoms with Crippen LogP contribution in [0.15, 0.2) is 61.2 Å². The average Bonchev–Trinajstić information content (AvgIpc) is 3.00. The van der Waals surface area contributed by atoms with Crippen LogP contribution in [0.5, 0.6) is 0 Å². The first kappa shape index (κ1) is 36.2. The highest BCUT2D eigenvalue weighted by molar-refractivity contribution is 6.23. The van der Waals surface area contributed by atoms with Crippen molar-refractivity contribution in [3.05, 3.63) is 66.8 Å². The fourth-order valence-corrected chi connectivity index (χ4v) is 6.19. The van der Waals surface area contributed by atoms with Gasteiger partial charge in [0.15, 0.2) is 12.1 Å². The highest BCUT2D eigenvalue weighted by Gasteiger charge is 2.43. The molecule has 2 rings (SSSR count). The Hall–Kier alpha value is -2.01. The third kappa shape index (κ3) is 13.1. The Morgan fingerprint density at radius 1 is 0.833 bits per heavy atom. The number of rotatable bonds is 26. The summed E-state index contributed by atoms with van der Waals surface area (Å²) in [7, 11) is 0. The van der Waals surface area contributed by atoms with Gasteiger partial charge in [0.05, 0.1) is 11.5 Å². The molecule has 0 heterocycles. The minimum Gasteiger partial charge on any atom is -0.374 e. The van der Waals surface area contributed by atoms with Crippen LogP contribution in [0.1, 0.15) is 129 Å². The molecule has 0 fully saturated rings. The number of unbranched alkanes of at least 4 members (excludes halogenated alkanes) is 10. The summed E-state index contributed by atoms with van der Waals surface area (Å²) in [6, 6.07) is 10.1. The SMILES string of the molecule is C=CCCCCCC(CCC)(OCCCCCCCCCCC(OCC)OCC)C1C=CC=C(c2ccccc2)C1=O. The normalized spacial score (nSPS) is 16.5. The van der Waals surface area contributed by atoms with E-state index in [1.807, 2.05) is 56.3 Å². The molecular formula is C38H60O4. The summed E-state index contributed by atoms with van der Waals surface area (Å²) in [4.78, 5) is 13.9. The highest BCUT2D eigenvalue weighted by Crippen LogP contribution is 2.40. The Balaban J connectivity index is 1.85. The molecule has 1 aromatic rings. The number of hydrogen-bond donors (Lipinski definition) is 0. The van der Waals surface area contributed by atoms with Gasteiger partial charge in [-0.3, -0.25) is 4.79 Å². The third-order valence-electron chi connectivity index (χ3n) is 8.38. The van der Waals surface area contributed by atoms with Crippen LogP contribution in [-0.2, 0) is 19.0 Å². The second kappa shape index (κ2) is 22.5. The van der Waals surface area contributed by atoms with E-state index in [-0.39, 0.29) is 18.0 Å². The molecule has 1 aliphatic rings. The molecule has 0 aliphatic heterocycles. The molecule has 236 valence electrons. The topological polar surface area (TPSA) is 44.8 Å². The van der Waals surface area contributed by atoms with Gasteiger partial charge in [0.25, 0.3) is 0 Å². The van der Waals surface area contributed by atoms with Crippen molar-refractivity contribution in [3.8, 4) is 0 Å². The first-order chi connectivity index (χ1) is 20.6. The average molecular weight is 581 g/mol. The molecule has 0 saturated heterocycles. The lowest BCUT2D eigenvalue weighted by molar-refractivity contribution is -0.140. The largest absolute Gasteiger partial charge is 0.374 e. The van der Waals surface area contributed by atoms with E-state index < -0.39 is 5.60 Å². The lowest BCUT2D eigenvalue weighted by Gasteiger charge is -2.40. The zero-order valence-electron chi connectivity index (χ0n) is 27.1. The Bertz CT molecular complexity index is 899. The Morgan fingerprint density at radius 3 is 2.12 bits per heavy atom. The van der Waals surface area contributed by atoms with Crippen molar-refractivity contribution in [1.29, 1.82) is 0 Å². The van der Waals surface area contributed by atoms with Gasteiger partial charge < -0.3 is 14.2 Å². The maximum Gasteiger partial charge on any atom is 0.173 e. The molecule has 0 amide bonds. The van der Waals surface area contributed by atoms with Gasteiger partial charge in [-0.2, -0.15) is 0 Å². The molecule has 0 aromatic heterocycles. The molecule has 0 radical (unpaired) electrons. The monoisotopic (exact) mass is 580 g/mol. The van der Waals surface area contributed by atoms with E-state index in [1.165, 1.54) is 44.9 Å². The lowest BCUT2D eigenvalue weighted by Crippen LogP contribution is -2.45. The van der Waals surface area contributed by atoms with Gasteiger partial charge in [-0.25, -0.2) is 0 Å². The van der Waals surface area contributed by atoms with Gasteiger partial charge in [0.1, 0.15) is 0 Å². The van der Waals surface area contributed by atoms with Crippen LogP contribution in [0.25, 0.3) is 5.57 Å². The lowest BCUT2D eigenvalue weighted by atomic mass is 9.73. The van der Waals surface area contributed by atoms with Crippen molar-refractivity contribution in [1.82, 2.24) is 0 Å². The first-order valence-corrected chi connectivity index (χ1v) is 17.1. The van der Waals surface area contributed by atoms with Crippen molar-refractivity contribution in [2.24, 2.45) is 5.92 Å². The molecule has 1 aliphatic carbocycles. The molecule has 1 aromatic carbocycles. The summed E-state index contributed by atoms with van der Waals surface area (Å²) in [5.74, 6) is -0.0285. The Labute approximate surface area is 258 Å². The van der Waals surface area contributed by atoms with Crippen LogP contribution in [-0.4, -0.2) is 37.5 Å². The summed E-state index contributed by atoms with van der Waals surface area (Å²) in [6.07, 6.45) is 26.1. The minimum absolute atomic E-state index is 0.0349. The molecule has 0 saturated carbocycles. The summed E-state index contributed by atoms with van der Waals surface area (Å²) in [5, 5.41) is 0. The molecule has 2 unspecified atom stereocenters. The number of hydrogen-bond acceptors (Lipinski definition) is 4. The summed E-state index contributed by atoms with van der Waals surface area (Å²) >= 11 is 0. The zero-order valence-corrected chi connectivity index (χ0v) is 27.1. The fraction of sp³-hybridized carbons (Fsp3) is 0.658. The predicted octanol–water partition coefficient (Wildman–Crippen LogP) is 10.4. The molecule has 0 N–H and O–H groups in total. The second-order valence-corrected chi connectivity index (χ2v) is 11.7. The van der Waals surface area contributed by atoms with Crippen LogP contribution in [0.4, 0.5) is 0 Å². The second-order valence-electron chi connectivity index (χ2n) is 11.7. The van der Waals surface area contributed by atoms with Crippen LogP contribution in [0, 0.1) is 5.92 Å². The van der Waals surface area contributed by atoms with Gasteiger partial charge in [-0.1, -0.05) is 119 Å². The van der Waals surface area contributed by atoms with E-state index in [2.05, 4.69) is 25.7 Å². The van der Waals surface area contributed by atoms with E-state index in [9.17, 15) is 4.79 Å². The van der Waals surface area contributed by atoms with Crippen molar-refractivity contribution < 1.29 is 19.0 Å². The van der Waals surface area contributed by atoms with Crippen LogP contribution < -0.4 is 0 Å². The van der Waals surface area contributed by atoms with Crippen LogP contribution in [0.3, 0.4) is 0 Å². The van der Waals surface area contributed by atoms with Crippen molar-refractivity contribution in [2.45, 2.75) is 135 Å². The summed E-state index contributed by atoms with van der Waals surface area (Å²) < 4.78 is 18.1. The summed E-state index contributed by atoms with van der Waals surface area (Å²) in [6.45, 7) is 12.3. The number of benzene rings is 1. The molecule has 0 bridgehead atoms. The Kier molecular flexibility index (Phi) is 19.4. The van der Waals surface area contributed by atoms with Gasteiger partial charge in [-0.05, 0) is 64.4 Å². The maximum absolute atomic E-state index is 13.9. The quantitative estimate of drug-likeness (QED) is 0.0621. The predicted molar refractivity (Wildman–Crippen MR) is 178 cm³/mol. The molecular weight excluding hydrogens is 520 g/mol. The van der Waals surface area contributed by atoms with E-state index in [1.54, 1.807) is 0 Å². The highest BCUT2D eigenvalue weighted by atomic mass is 16.7.